The largest absolute Gasteiger partial charge is 0.390 e. The first-order valence-electron chi connectivity index (χ1n) is 5.35. The minimum atomic E-state index is -0.447. The summed E-state index contributed by atoms with van der Waals surface area (Å²) in [6, 6.07) is 3.81. The molecule has 0 spiro atoms. The molecular weight excluding hydrogens is 224 g/mol. The second-order valence-electron chi connectivity index (χ2n) is 4.05. The summed E-state index contributed by atoms with van der Waals surface area (Å²) in [6.45, 7) is 1.25. The van der Waals surface area contributed by atoms with Gasteiger partial charge in [-0.2, -0.15) is 0 Å². The molecule has 2 rings (SSSR count). The van der Waals surface area contributed by atoms with Crippen LogP contribution in [0, 0.1) is 0 Å². The average molecular weight is 240 g/mol. The molecule has 1 fully saturated rings. The Morgan fingerprint density at radius 3 is 3.06 bits per heavy atom. The van der Waals surface area contributed by atoms with Crippen LogP contribution < -0.4 is 5.32 Å². The highest BCUT2D eigenvalue weighted by Crippen LogP contribution is 2.13. The van der Waals surface area contributed by atoms with Crippen molar-refractivity contribution < 1.29 is 9.90 Å². The number of nitrogens with zero attached hydrogens (tertiary/aromatic N) is 1. The third-order valence-corrected chi connectivity index (χ3v) is 3.82. The summed E-state index contributed by atoms with van der Waals surface area (Å²) in [5.74, 6) is 0.0650. The lowest BCUT2D eigenvalue weighted by Crippen LogP contribution is -2.44. The zero-order valence-corrected chi connectivity index (χ0v) is 10.0. The van der Waals surface area contributed by atoms with Crippen LogP contribution in [-0.4, -0.2) is 48.2 Å². The maximum Gasteiger partial charge on any atom is 0.227 e. The van der Waals surface area contributed by atoms with Crippen LogP contribution in [0.1, 0.15) is 4.88 Å². The van der Waals surface area contributed by atoms with Gasteiger partial charge >= 0.3 is 0 Å². The van der Waals surface area contributed by atoms with E-state index >= 15 is 0 Å². The Morgan fingerprint density at radius 2 is 2.50 bits per heavy atom. The smallest absolute Gasteiger partial charge is 0.227 e. The van der Waals surface area contributed by atoms with E-state index in [1.54, 1.807) is 23.3 Å². The van der Waals surface area contributed by atoms with Gasteiger partial charge in [-0.1, -0.05) is 6.07 Å². The van der Waals surface area contributed by atoms with Gasteiger partial charge in [-0.25, -0.2) is 0 Å². The van der Waals surface area contributed by atoms with Crippen molar-refractivity contribution >= 4 is 17.2 Å². The monoisotopic (exact) mass is 240 g/mol. The molecule has 1 aliphatic rings. The van der Waals surface area contributed by atoms with Gasteiger partial charge in [0.1, 0.15) is 0 Å². The van der Waals surface area contributed by atoms with E-state index < -0.39 is 6.10 Å². The van der Waals surface area contributed by atoms with Crippen molar-refractivity contribution in [3.8, 4) is 0 Å². The zero-order valence-electron chi connectivity index (χ0n) is 9.22. The van der Waals surface area contributed by atoms with E-state index in [1.165, 1.54) is 0 Å². The fourth-order valence-electron chi connectivity index (χ4n) is 1.92. The van der Waals surface area contributed by atoms with Gasteiger partial charge in [0.2, 0.25) is 5.91 Å². The lowest BCUT2D eigenvalue weighted by molar-refractivity contribution is -0.132. The van der Waals surface area contributed by atoms with Crippen molar-refractivity contribution in [3.05, 3.63) is 22.4 Å². The number of β-amino-alcohol motifs (C(OH)–C–C–N with tert-alkyl or cyclic N) is 1. The molecule has 2 N–H and O–H groups in total. The van der Waals surface area contributed by atoms with Crippen LogP contribution in [0.3, 0.4) is 0 Å². The molecule has 0 unspecified atom stereocenters. The number of likely N-dealkylation sites (N-methyl/N-ethyl adjacent to an activating group) is 1. The number of nitrogens with one attached hydrogen (secondary N) is 1. The molecule has 0 radical (unpaired) electrons. The van der Waals surface area contributed by atoms with Gasteiger partial charge in [0, 0.05) is 25.0 Å². The number of carbonyl (C=O) groups is 1. The van der Waals surface area contributed by atoms with E-state index in [1.807, 2.05) is 17.5 Å². The molecule has 0 bridgehead atoms. The molecule has 1 aromatic heterocycles. The number of aliphatic hydroxyl groups excluding tert-OH is 1. The van der Waals surface area contributed by atoms with Crippen molar-refractivity contribution in [1.29, 1.82) is 0 Å². The number of carbonyl (C=O) groups excluding carboxylic acids is 1. The fourth-order valence-corrected chi connectivity index (χ4v) is 2.61. The third kappa shape index (κ3) is 2.42. The maximum absolute atomic E-state index is 11.9. The molecule has 1 saturated heterocycles. The van der Waals surface area contributed by atoms with Crippen LogP contribution in [-0.2, 0) is 11.2 Å². The Morgan fingerprint density at radius 1 is 1.69 bits per heavy atom. The van der Waals surface area contributed by atoms with Crippen LogP contribution in [0.15, 0.2) is 17.5 Å². The normalized spacial score (nSPS) is 24.6. The summed E-state index contributed by atoms with van der Waals surface area (Å²) in [6.07, 6.45) is -0.0190. The molecule has 5 heteroatoms. The maximum atomic E-state index is 11.9. The summed E-state index contributed by atoms with van der Waals surface area (Å²) in [5.41, 5.74) is 0. The Labute approximate surface area is 98.9 Å². The van der Waals surface area contributed by atoms with Crippen molar-refractivity contribution in [2.24, 2.45) is 0 Å². The highest BCUT2D eigenvalue weighted by molar-refractivity contribution is 7.10. The highest BCUT2D eigenvalue weighted by Gasteiger charge is 2.30. The van der Waals surface area contributed by atoms with Crippen molar-refractivity contribution in [2.45, 2.75) is 18.6 Å². The van der Waals surface area contributed by atoms with Gasteiger partial charge in [-0.15, -0.1) is 11.3 Å². The molecular formula is C11H16N2O2S. The summed E-state index contributed by atoms with van der Waals surface area (Å²) in [4.78, 5) is 14.7. The highest BCUT2D eigenvalue weighted by atomic mass is 32.1. The van der Waals surface area contributed by atoms with Crippen molar-refractivity contribution in [3.63, 3.8) is 0 Å². The van der Waals surface area contributed by atoms with E-state index in [-0.39, 0.29) is 11.9 Å². The van der Waals surface area contributed by atoms with E-state index in [2.05, 4.69) is 5.32 Å². The number of amides is 1. The van der Waals surface area contributed by atoms with Gasteiger partial charge in [0.05, 0.1) is 18.6 Å². The van der Waals surface area contributed by atoms with Gasteiger partial charge < -0.3 is 15.3 Å². The predicted molar refractivity (Wildman–Crippen MR) is 63.5 cm³/mol. The van der Waals surface area contributed by atoms with E-state index in [0.717, 1.165) is 4.88 Å². The molecule has 2 heterocycles. The Bertz CT molecular complexity index is 353. The number of rotatable bonds is 3. The van der Waals surface area contributed by atoms with E-state index in [4.69, 9.17) is 0 Å². The molecule has 0 aromatic carbocycles. The standard InChI is InChI=1S/C11H16N2O2S/c1-13(9-6-12-7-10(9)14)11(15)5-8-3-2-4-16-8/h2-4,9-10,12,14H,5-7H2,1H3/t9-,10-/m1/s1. The van der Waals surface area contributed by atoms with Crippen LogP contribution >= 0.6 is 11.3 Å². The van der Waals surface area contributed by atoms with Crippen LogP contribution in [0.25, 0.3) is 0 Å². The molecule has 16 heavy (non-hydrogen) atoms. The second-order valence-corrected chi connectivity index (χ2v) is 5.09. The van der Waals surface area contributed by atoms with E-state index in [9.17, 15) is 9.90 Å². The molecule has 1 aliphatic heterocycles. The summed E-state index contributed by atoms with van der Waals surface area (Å²) < 4.78 is 0. The van der Waals surface area contributed by atoms with Gasteiger partial charge in [0.15, 0.2) is 0 Å². The topological polar surface area (TPSA) is 52.6 Å². The zero-order chi connectivity index (χ0) is 11.5. The first-order valence-corrected chi connectivity index (χ1v) is 6.23. The van der Waals surface area contributed by atoms with Gasteiger partial charge in [0.25, 0.3) is 0 Å². The molecule has 0 aliphatic carbocycles. The fraction of sp³-hybridized carbons (Fsp3) is 0.545. The predicted octanol–water partition coefficient (Wildman–Crippen LogP) is 0.0817. The Kier molecular flexibility index (Phi) is 3.58. The Balaban J connectivity index is 1.94. The quantitative estimate of drug-likeness (QED) is 0.787. The SMILES string of the molecule is CN(C(=O)Cc1cccs1)[C@@H]1CNC[C@H]1O. The number of aliphatic hydroxyl groups is 1. The van der Waals surface area contributed by atoms with Crippen LogP contribution in [0.4, 0.5) is 0 Å². The lowest BCUT2D eigenvalue weighted by Gasteiger charge is -2.26. The summed E-state index contributed by atoms with van der Waals surface area (Å²) in [7, 11) is 1.76. The number of hydrogen-bond donors (Lipinski definition) is 2. The average Bonchev–Trinajstić information content (AvgIpc) is 2.88. The van der Waals surface area contributed by atoms with Crippen molar-refractivity contribution in [1.82, 2.24) is 10.2 Å². The minimum absolute atomic E-state index is 0.0650. The molecule has 88 valence electrons. The summed E-state index contributed by atoms with van der Waals surface area (Å²) in [5, 5.41) is 14.7. The molecule has 2 atom stereocenters. The van der Waals surface area contributed by atoms with Crippen molar-refractivity contribution in [2.75, 3.05) is 20.1 Å². The third-order valence-electron chi connectivity index (χ3n) is 2.95. The molecule has 4 nitrogen and oxygen atoms in total. The van der Waals surface area contributed by atoms with Gasteiger partial charge in [-0.3, -0.25) is 4.79 Å². The lowest BCUT2D eigenvalue weighted by atomic mass is 10.2. The minimum Gasteiger partial charge on any atom is -0.390 e. The second kappa shape index (κ2) is 4.95. The van der Waals surface area contributed by atoms with Crippen LogP contribution in [0.2, 0.25) is 0 Å². The summed E-state index contributed by atoms with van der Waals surface area (Å²) >= 11 is 1.59. The first-order chi connectivity index (χ1) is 7.68. The number of thiophene rings is 1. The molecule has 1 aromatic rings. The van der Waals surface area contributed by atoms with Gasteiger partial charge in [-0.05, 0) is 11.4 Å². The van der Waals surface area contributed by atoms with Crippen LogP contribution in [0.5, 0.6) is 0 Å². The van der Waals surface area contributed by atoms with E-state index in [0.29, 0.717) is 19.5 Å². The molecule has 0 saturated carbocycles. The first kappa shape index (κ1) is 11.6. The number of hydrogen-bond acceptors (Lipinski definition) is 4. The molecule has 1 amide bonds. The Hall–Kier alpha value is -0.910.